The van der Waals surface area contributed by atoms with E-state index in [1.807, 2.05) is 0 Å². The zero-order valence-electron chi connectivity index (χ0n) is 15.7. The van der Waals surface area contributed by atoms with E-state index >= 15 is 0 Å². The summed E-state index contributed by atoms with van der Waals surface area (Å²) in [6, 6.07) is 8.82. The standard InChI is InChI=1S/C20H15Cl2N5O4/c21-9-5-12(22)15-13(6-9)26-17(19(29)30)16(15)14(11-7-24-27-18(11)28)8-1-3-10(4-2-8)25-20(23)31/h1-6,24,26H,7H2,(H,27,28)(H,29,30)(H3,23,25,31). The highest BCUT2D eigenvalue weighted by Gasteiger charge is 2.29. The normalized spacial score (nSPS) is 15.1. The molecule has 158 valence electrons. The Labute approximate surface area is 185 Å². The fourth-order valence-electron chi connectivity index (χ4n) is 3.56. The maximum Gasteiger partial charge on any atom is 0.352 e. The highest BCUT2D eigenvalue weighted by Crippen LogP contribution is 2.40. The van der Waals surface area contributed by atoms with Crippen molar-refractivity contribution in [3.05, 3.63) is 68.8 Å². The number of rotatable bonds is 4. The van der Waals surface area contributed by atoms with Crippen LogP contribution in [0.2, 0.25) is 10.0 Å². The van der Waals surface area contributed by atoms with E-state index in [-0.39, 0.29) is 22.8 Å². The monoisotopic (exact) mass is 459 g/mol. The number of carbonyl (C=O) groups excluding carboxylic acids is 2. The van der Waals surface area contributed by atoms with Crippen molar-refractivity contribution < 1.29 is 19.5 Å². The van der Waals surface area contributed by atoms with Crippen LogP contribution in [0.15, 0.2) is 42.0 Å². The first-order valence-corrected chi connectivity index (χ1v) is 9.69. The largest absolute Gasteiger partial charge is 0.477 e. The number of primary amides is 1. The number of carboxylic acid groups (broad SMARTS) is 1. The molecule has 0 spiro atoms. The topological polar surface area (TPSA) is 149 Å². The van der Waals surface area contributed by atoms with E-state index in [0.717, 1.165) is 0 Å². The lowest BCUT2D eigenvalue weighted by Crippen LogP contribution is -2.25. The number of halogens is 2. The molecule has 0 saturated carbocycles. The number of benzene rings is 2. The summed E-state index contributed by atoms with van der Waals surface area (Å²) < 4.78 is 0. The second-order valence-corrected chi connectivity index (χ2v) is 7.56. The van der Waals surface area contributed by atoms with Crippen LogP contribution >= 0.6 is 23.2 Å². The summed E-state index contributed by atoms with van der Waals surface area (Å²) in [7, 11) is 0. The predicted octanol–water partition coefficient (Wildman–Crippen LogP) is 3.10. The van der Waals surface area contributed by atoms with Gasteiger partial charge in [0.1, 0.15) is 5.69 Å². The third-order valence-electron chi connectivity index (χ3n) is 4.76. The van der Waals surface area contributed by atoms with Gasteiger partial charge in [-0.2, -0.15) is 0 Å². The SMILES string of the molecule is NC(=O)Nc1ccc(C(=C2CNNC2=O)c2c(C(=O)O)[nH]c3cc(Cl)cc(Cl)c23)cc1. The summed E-state index contributed by atoms with van der Waals surface area (Å²) in [5.41, 5.74) is 12.6. The molecular weight excluding hydrogens is 445 g/mol. The molecule has 2 aromatic carbocycles. The third kappa shape index (κ3) is 3.81. The number of fused-ring (bicyclic) bond motifs is 1. The molecule has 3 aromatic rings. The Morgan fingerprint density at radius 2 is 1.84 bits per heavy atom. The molecule has 1 aliphatic rings. The molecule has 7 N–H and O–H groups in total. The van der Waals surface area contributed by atoms with E-state index in [9.17, 15) is 19.5 Å². The number of hydrogen-bond donors (Lipinski definition) is 6. The summed E-state index contributed by atoms with van der Waals surface area (Å²) in [5, 5.41) is 13.3. The molecule has 0 aliphatic carbocycles. The van der Waals surface area contributed by atoms with Crippen molar-refractivity contribution in [3.63, 3.8) is 0 Å². The first kappa shape index (κ1) is 20.7. The zero-order chi connectivity index (χ0) is 22.3. The Morgan fingerprint density at radius 3 is 2.42 bits per heavy atom. The number of aromatic amines is 1. The smallest absolute Gasteiger partial charge is 0.352 e. The Balaban J connectivity index is 2.04. The van der Waals surface area contributed by atoms with Gasteiger partial charge in [0.25, 0.3) is 5.91 Å². The van der Waals surface area contributed by atoms with Gasteiger partial charge in [0.15, 0.2) is 0 Å². The number of aromatic nitrogens is 1. The molecule has 9 nitrogen and oxygen atoms in total. The van der Waals surface area contributed by atoms with Gasteiger partial charge >= 0.3 is 12.0 Å². The van der Waals surface area contributed by atoms with Crippen LogP contribution in [0, 0.1) is 0 Å². The van der Waals surface area contributed by atoms with E-state index in [4.69, 9.17) is 28.9 Å². The van der Waals surface area contributed by atoms with Crippen LogP contribution in [-0.2, 0) is 4.79 Å². The van der Waals surface area contributed by atoms with Gasteiger partial charge in [0.2, 0.25) is 0 Å². The van der Waals surface area contributed by atoms with Gasteiger partial charge in [-0.25, -0.2) is 15.0 Å². The van der Waals surface area contributed by atoms with Crippen LogP contribution in [0.5, 0.6) is 0 Å². The second-order valence-electron chi connectivity index (χ2n) is 6.72. The molecule has 0 unspecified atom stereocenters. The van der Waals surface area contributed by atoms with Crippen LogP contribution in [0.25, 0.3) is 16.5 Å². The Morgan fingerprint density at radius 1 is 1.13 bits per heavy atom. The average Bonchev–Trinajstić information content (AvgIpc) is 3.27. The van der Waals surface area contributed by atoms with E-state index in [1.165, 1.54) is 6.07 Å². The fraction of sp³-hybridized carbons (Fsp3) is 0.0500. The number of amides is 3. The number of carbonyl (C=O) groups is 3. The van der Waals surface area contributed by atoms with E-state index in [1.54, 1.807) is 30.3 Å². The first-order valence-electron chi connectivity index (χ1n) is 8.94. The van der Waals surface area contributed by atoms with Gasteiger partial charge in [-0.15, -0.1) is 0 Å². The molecule has 1 saturated heterocycles. The quantitative estimate of drug-likeness (QED) is 0.331. The third-order valence-corrected chi connectivity index (χ3v) is 5.28. The number of urea groups is 1. The highest BCUT2D eigenvalue weighted by atomic mass is 35.5. The van der Waals surface area contributed by atoms with Gasteiger partial charge in [-0.3, -0.25) is 10.2 Å². The number of anilines is 1. The Bertz CT molecular complexity index is 1280. The fourth-order valence-corrected chi connectivity index (χ4v) is 4.15. The van der Waals surface area contributed by atoms with Crippen molar-refractivity contribution in [2.24, 2.45) is 5.73 Å². The minimum absolute atomic E-state index is 0.138. The molecule has 0 atom stereocenters. The molecule has 0 radical (unpaired) electrons. The lowest BCUT2D eigenvalue weighted by Gasteiger charge is -2.13. The van der Waals surface area contributed by atoms with E-state index in [0.29, 0.717) is 38.3 Å². The van der Waals surface area contributed by atoms with Crippen molar-refractivity contribution >= 4 is 63.3 Å². The molecule has 4 rings (SSSR count). The van der Waals surface area contributed by atoms with Gasteiger partial charge < -0.3 is 21.1 Å². The van der Waals surface area contributed by atoms with Gasteiger partial charge in [0.05, 0.1) is 5.02 Å². The summed E-state index contributed by atoms with van der Waals surface area (Å²) in [6.45, 7) is 0.159. The number of hydrazine groups is 1. The zero-order valence-corrected chi connectivity index (χ0v) is 17.2. The van der Waals surface area contributed by atoms with Crippen molar-refractivity contribution in [2.45, 2.75) is 0 Å². The van der Waals surface area contributed by atoms with Crippen molar-refractivity contribution in [1.29, 1.82) is 0 Å². The molecule has 31 heavy (non-hydrogen) atoms. The number of nitrogens with two attached hydrogens (primary N) is 1. The molecule has 0 bridgehead atoms. The van der Waals surface area contributed by atoms with Gasteiger partial charge in [-0.05, 0) is 29.8 Å². The van der Waals surface area contributed by atoms with Gasteiger partial charge in [0, 0.05) is 44.9 Å². The summed E-state index contributed by atoms with van der Waals surface area (Å²) in [4.78, 5) is 38.6. The Hall–Kier alpha value is -3.53. The minimum Gasteiger partial charge on any atom is -0.477 e. The number of hydrogen-bond acceptors (Lipinski definition) is 4. The maximum atomic E-state index is 12.5. The lowest BCUT2D eigenvalue weighted by molar-refractivity contribution is -0.116. The Kier molecular flexibility index (Phi) is 5.32. The van der Waals surface area contributed by atoms with E-state index < -0.39 is 17.9 Å². The number of H-pyrrole nitrogens is 1. The number of carboxylic acids is 1. The molecule has 11 heteroatoms. The molecule has 1 aliphatic heterocycles. The first-order chi connectivity index (χ1) is 14.8. The summed E-state index contributed by atoms with van der Waals surface area (Å²) in [6.07, 6.45) is 0. The van der Waals surface area contributed by atoms with Crippen LogP contribution in [-0.4, -0.2) is 34.5 Å². The second kappa shape index (κ2) is 7.95. The molecule has 3 amide bonds. The molecule has 1 fully saturated rings. The summed E-state index contributed by atoms with van der Waals surface area (Å²) >= 11 is 12.5. The molecular formula is C20H15Cl2N5O4. The lowest BCUT2D eigenvalue weighted by atomic mass is 9.90. The number of nitrogens with one attached hydrogen (secondary N) is 4. The van der Waals surface area contributed by atoms with Crippen molar-refractivity contribution in [2.75, 3.05) is 11.9 Å². The molecule has 1 aromatic heterocycles. The number of aromatic carboxylic acids is 1. The van der Waals surface area contributed by atoms with Crippen molar-refractivity contribution in [3.8, 4) is 0 Å². The van der Waals surface area contributed by atoms with Crippen LogP contribution in [0.3, 0.4) is 0 Å². The van der Waals surface area contributed by atoms with Crippen LogP contribution in [0.4, 0.5) is 10.5 Å². The van der Waals surface area contributed by atoms with Gasteiger partial charge in [-0.1, -0.05) is 35.3 Å². The predicted molar refractivity (Wildman–Crippen MR) is 117 cm³/mol. The van der Waals surface area contributed by atoms with E-state index in [2.05, 4.69) is 21.2 Å². The summed E-state index contributed by atoms with van der Waals surface area (Å²) in [5.74, 6) is -1.63. The minimum atomic E-state index is -1.23. The average molecular weight is 460 g/mol. The van der Waals surface area contributed by atoms with Crippen LogP contribution < -0.4 is 21.9 Å². The molecule has 2 heterocycles. The van der Waals surface area contributed by atoms with Crippen molar-refractivity contribution in [1.82, 2.24) is 15.8 Å². The van der Waals surface area contributed by atoms with Crippen LogP contribution in [0.1, 0.15) is 21.6 Å². The highest BCUT2D eigenvalue weighted by molar-refractivity contribution is 6.39. The maximum absolute atomic E-state index is 12.5.